The fourth-order valence-corrected chi connectivity index (χ4v) is 3.97. The highest BCUT2D eigenvalue weighted by Crippen LogP contribution is 2.43. The first kappa shape index (κ1) is 15.8. The van der Waals surface area contributed by atoms with Crippen molar-refractivity contribution in [1.29, 1.82) is 0 Å². The number of benzene rings is 1. The number of halogens is 1. The molecule has 2 saturated carbocycles. The minimum atomic E-state index is 0.103. The quantitative estimate of drug-likeness (QED) is 0.893. The van der Waals surface area contributed by atoms with Gasteiger partial charge < -0.3 is 11.1 Å². The molecule has 22 heavy (non-hydrogen) atoms. The van der Waals surface area contributed by atoms with Gasteiger partial charge in [0, 0.05) is 28.9 Å². The molecule has 3 nitrogen and oxygen atoms in total. The van der Waals surface area contributed by atoms with E-state index in [-0.39, 0.29) is 23.3 Å². The molecule has 3 N–H and O–H groups in total. The zero-order valence-corrected chi connectivity index (χ0v) is 13.7. The van der Waals surface area contributed by atoms with Gasteiger partial charge in [-0.25, -0.2) is 0 Å². The monoisotopic (exact) mass is 320 g/mol. The molecule has 2 aliphatic rings. The zero-order valence-electron chi connectivity index (χ0n) is 13.0. The topological polar surface area (TPSA) is 55.1 Å². The molecule has 3 rings (SSSR count). The maximum absolute atomic E-state index is 12.4. The summed E-state index contributed by atoms with van der Waals surface area (Å²) < 4.78 is 0. The molecular weight excluding hydrogens is 296 g/mol. The summed E-state index contributed by atoms with van der Waals surface area (Å²) in [5.41, 5.74) is 7.40. The molecule has 1 amide bonds. The smallest absolute Gasteiger partial charge is 0.223 e. The Balaban J connectivity index is 1.61. The first-order valence-electron chi connectivity index (χ1n) is 8.38. The van der Waals surface area contributed by atoms with Gasteiger partial charge in [-0.1, -0.05) is 36.6 Å². The molecule has 0 heterocycles. The van der Waals surface area contributed by atoms with Crippen LogP contribution in [0, 0.1) is 5.92 Å². The highest BCUT2D eigenvalue weighted by Gasteiger charge is 2.39. The molecule has 4 heteroatoms. The molecule has 2 aliphatic carbocycles. The molecule has 2 fully saturated rings. The van der Waals surface area contributed by atoms with Gasteiger partial charge in [-0.05, 0) is 49.8 Å². The third kappa shape index (κ3) is 3.31. The molecule has 1 aromatic rings. The number of amides is 1. The molecule has 0 spiro atoms. The Morgan fingerprint density at radius 3 is 2.55 bits per heavy atom. The first-order chi connectivity index (χ1) is 10.6. The molecule has 0 radical (unpaired) electrons. The predicted molar refractivity (Wildman–Crippen MR) is 89.9 cm³/mol. The average molecular weight is 321 g/mol. The highest BCUT2D eigenvalue weighted by molar-refractivity contribution is 6.30. The first-order valence-corrected chi connectivity index (χ1v) is 8.76. The second-order valence-corrected chi connectivity index (χ2v) is 7.42. The lowest BCUT2D eigenvalue weighted by Gasteiger charge is -2.43. The van der Waals surface area contributed by atoms with Crippen LogP contribution >= 0.6 is 11.6 Å². The van der Waals surface area contributed by atoms with Gasteiger partial charge in [0.2, 0.25) is 5.91 Å². The number of carbonyl (C=O) groups is 1. The minimum Gasteiger partial charge on any atom is -0.355 e. The lowest BCUT2D eigenvalue weighted by molar-refractivity contribution is -0.126. The molecule has 2 atom stereocenters. The number of hydrogen-bond acceptors (Lipinski definition) is 2. The number of nitrogens with two attached hydrogens (primary N) is 1. The Labute approximate surface area is 137 Å². The number of nitrogens with one attached hydrogen (secondary N) is 1. The standard InChI is InChI=1S/C18H25ClN2O/c19-15-7-5-14(6-8-15)18(9-2-10-18)12-21-17(22)13-3-1-4-16(20)11-13/h5-8,13,16H,1-4,9-12,20H2,(H,21,22). The van der Waals surface area contributed by atoms with Crippen molar-refractivity contribution in [2.75, 3.05) is 6.54 Å². The normalized spacial score (nSPS) is 27.0. The van der Waals surface area contributed by atoms with Crippen molar-refractivity contribution >= 4 is 17.5 Å². The van der Waals surface area contributed by atoms with Crippen molar-refractivity contribution in [3.63, 3.8) is 0 Å². The van der Waals surface area contributed by atoms with E-state index in [1.807, 2.05) is 12.1 Å². The molecule has 0 bridgehead atoms. The van der Waals surface area contributed by atoms with Gasteiger partial charge >= 0.3 is 0 Å². The predicted octanol–water partition coefficient (Wildman–Crippen LogP) is 3.40. The maximum Gasteiger partial charge on any atom is 0.223 e. The van der Waals surface area contributed by atoms with E-state index in [2.05, 4.69) is 17.4 Å². The van der Waals surface area contributed by atoms with E-state index in [1.54, 1.807) is 0 Å². The van der Waals surface area contributed by atoms with Crippen LogP contribution in [0.2, 0.25) is 5.02 Å². The largest absolute Gasteiger partial charge is 0.355 e. The fourth-order valence-electron chi connectivity index (χ4n) is 3.84. The van der Waals surface area contributed by atoms with Crippen LogP contribution in [0.5, 0.6) is 0 Å². The Bertz CT molecular complexity index is 524. The minimum absolute atomic E-state index is 0.103. The summed E-state index contributed by atoms with van der Waals surface area (Å²) in [5.74, 6) is 0.293. The van der Waals surface area contributed by atoms with Gasteiger partial charge in [-0.15, -0.1) is 0 Å². The third-order valence-electron chi connectivity index (χ3n) is 5.45. The number of carbonyl (C=O) groups excluding carboxylic acids is 1. The Hall–Kier alpha value is -1.06. The third-order valence-corrected chi connectivity index (χ3v) is 5.71. The van der Waals surface area contributed by atoms with Crippen LogP contribution in [0.1, 0.15) is 50.5 Å². The second kappa shape index (κ2) is 6.59. The van der Waals surface area contributed by atoms with Gasteiger partial charge in [-0.3, -0.25) is 4.79 Å². The maximum atomic E-state index is 12.4. The number of rotatable bonds is 4. The van der Waals surface area contributed by atoms with Crippen LogP contribution in [0.4, 0.5) is 0 Å². The van der Waals surface area contributed by atoms with Gasteiger partial charge in [0.05, 0.1) is 0 Å². The van der Waals surface area contributed by atoms with Crippen molar-refractivity contribution in [3.8, 4) is 0 Å². The second-order valence-electron chi connectivity index (χ2n) is 6.98. The van der Waals surface area contributed by atoms with Crippen LogP contribution < -0.4 is 11.1 Å². The lowest BCUT2D eigenvalue weighted by Crippen LogP contribution is -2.47. The zero-order chi connectivity index (χ0) is 15.6. The van der Waals surface area contributed by atoms with Gasteiger partial charge in [0.25, 0.3) is 0 Å². The summed E-state index contributed by atoms with van der Waals surface area (Å²) in [7, 11) is 0. The van der Waals surface area contributed by atoms with Crippen molar-refractivity contribution < 1.29 is 4.79 Å². The van der Waals surface area contributed by atoms with E-state index in [0.29, 0.717) is 0 Å². The molecule has 120 valence electrons. The molecular formula is C18H25ClN2O. The highest BCUT2D eigenvalue weighted by atomic mass is 35.5. The summed E-state index contributed by atoms with van der Waals surface area (Å²) in [6.45, 7) is 0.735. The van der Waals surface area contributed by atoms with E-state index in [4.69, 9.17) is 17.3 Å². The lowest BCUT2D eigenvalue weighted by atomic mass is 9.64. The molecule has 1 aromatic carbocycles. The molecule has 2 unspecified atom stereocenters. The summed E-state index contributed by atoms with van der Waals surface area (Å²) in [5, 5.41) is 3.96. The Kier molecular flexibility index (Phi) is 4.74. The van der Waals surface area contributed by atoms with Gasteiger partial charge in [0.1, 0.15) is 0 Å². The Morgan fingerprint density at radius 2 is 1.95 bits per heavy atom. The summed E-state index contributed by atoms with van der Waals surface area (Å²) in [6.07, 6.45) is 7.44. The van der Waals surface area contributed by atoms with E-state index < -0.39 is 0 Å². The average Bonchev–Trinajstić information content (AvgIpc) is 2.47. The van der Waals surface area contributed by atoms with Crippen LogP contribution in [0.25, 0.3) is 0 Å². The molecule has 0 aliphatic heterocycles. The van der Waals surface area contributed by atoms with Crippen molar-refractivity contribution in [3.05, 3.63) is 34.9 Å². The van der Waals surface area contributed by atoms with Crippen LogP contribution in [-0.4, -0.2) is 18.5 Å². The van der Waals surface area contributed by atoms with Crippen molar-refractivity contribution in [2.24, 2.45) is 11.7 Å². The Morgan fingerprint density at radius 1 is 1.23 bits per heavy atom. The van der Waals surface area contributed by atoms with E-state index in [0.717, 1.165) is 50.1 Å². The van der Waals surface area contributed by atoms with Gasteiger partial charge in [-0.2, -0.15) is 0 Å². The summed E-state index contributed by atoms with van der Waals surface area (Å²) in [6, 6.07) is 8.28. The summed E-state index contributed by atoms with van der Waals surface area (Å²) >= 11 is 5.98. The fraction of sp³-hybridized carbons (Fsp3) is 0.611. The van der Waals surface area contributed by atoms with Crippen LogP contribution in [0.3, 0.4) is 0 Å². The van der Waals surface area contributed by atoms with Crippen LogP contribution in [-0.2, 0) is 10.2 Å². The van der Waals surface area contributed by atoms with Crippen molar-refractivity contribution in [2.45, 2.75) is 56.4 Å². The van der Waals surface area contributed by atoms with E-state index in [1.165, 1.54) is 12.0 Å². The van der Waals surface area contributed by atoms with E-state index in [9.17, 15) is 4.79 Å². The van der Waals surface area contributed by atoms with Gasteiger partial charge in [0.15, 0.2) is 0 Å². The summed E-state index contributed by atoms with van der Waals surface area (Å²) in [4.78, 5) is 12.4. The van der Waals surface area contributed by atoms with E-state index >= 15 is 0 Å². The SMILES string of the molecule is NC1CCCC(C(=O)NCC2(c3ccc(Cl)cc3)CCC2)C1. The molecule has 0 aromatic heterocycles. The van der Waals surface area contributed by atoms with Crippen molar-refractivity contribution in [1.82, 2.24) is 5.32 Å². The molecule has 0 saturated heterocycles. The number of hydrogen-bond donors (Lipinski definition) is 2. The van der Waals surface area contributed by atoms with Crippen LogP contribution in [0.15, 0.2) is 24.3 Å².